The van der Waals surface area contributed by atoms with E-state index in [9.17, 15) is 18.5 Å². The molecule has 1 N–H and O–H groups in total. The highest BCUT2D eigenvalue weighted by atomic mass is 32.2. The molecule has 0 spiro atoms. The normalized spacial score (nSPS) is 11.3. The van der Waals surface area contributed by atoms with Crippen molar-refractivity contribution < 1.29 is 22.8 Å². The van der Waals surface area contributed by atoms with Gasteiger partial charge in [-0.3, -0.25) is 14.8 Å². The highest BCUT2D eigenvalue weighted by molar-refractivity contribution is 7.92. The quantitative estimate of drug-likeness (QED) is 0.581. The Morgan fingerprint density at radius 3 is 2.19 bits per heavy atom. The topological polar surface area (TPSA) is 108 Å². The van der Waals surface area contributed by atoms with E-state index in [1.165, 1.54) is 38.5 Å². The lowest BCUT2D eigenvalue weighted by atomic mass is 10.0. The molecule has 0 fully saturated rings. The van der Waals surface area contributed by atoms with Crippen LogP contribution in [-0.2, 0) is 10.0 Å². The Morgan fingerprint density at radius 2 is 1.65 bits per heavy atom. The first kappa shape index (κ1) is 19.5. The lowest BCUT2D eigenvalue weighted by molar-refractivity contribution is -0.384. The van der Waals surface area contributed by atoms with Crippen molar-refractivity contribution in [3.8, 4) is 11.5 Å². The standard InChI is InChI=1S/C17H20N2O6S/c1-11(2)14-10-13(6-8-16(14)24-3)26(22,23)18-15-9-12(19(20)21)5-7-17(15)25-4/h5-11,18H,1-4H3. The van der Waals surface area contributed by atoms with E-state index in [2.05, 4.69) is 4.72 Å². The van der Waals surface area contributed by atoms with Crippen LogP contribution >= 0.6 is 0 Å². The molecule has 2 aromatic rings. The molecule has 2 aromatic carbocycles. The molecule has 0 unspecified atom stereocenters. The van der Waals surface area contributed by atoms with Crippen LogP contribution in [0.15, 0.2) is 41.3 Å². The van der Waals surface area contributed by atoms with Gasteiger partial charge in [-0.2, -0.15) is 0 Å². The van der Waals surface area contributed by atoms with Crippen molar-refractivity contribution in [2.45, 2.75) is 24.7 Å². The van der Waals surface area contributed by atoms with Gasteiger partial charge < -0.3 is 9.47 Å². The van der Waals surface area contributed by atoms with Gasteiger partial charge in [0.05, 0.1) is 29.7 Å². The zero-order valence-electron chi connectivity index (χ0n) is 14.8. The second kappa shape index (κ2) is 7.61. The van der Waals surface area contributed by atoms with Gasteiger partial charge in [0.25, 0.3) is 15.7 Å². The molecule has 0 saturated heterocycles. The molecule has 2 rings (SSSR count). The van der Waals surface area contributed by atoms with E-state index >= 15 is 0 Å². The highest BCUT2D eigenvalue weighted by Gasteiger charge is 2.21. The molecular weight excluding hydrogens is 360 g/mol. The number of methoxy groups -OCH3 is 2. The number of nitro groups is 1. The monoisotopic (exact) mass is 380 g/mol. The molecule has 8 nitrogen and oxygen atoms in total. The molecule has 0 aliphatic carbocycles. The molecule has 0 amide bonds. The summed E-state index contributed by atoms with van der Waals surface area (Å²) in [6, 6.07) is 8.20. The summed E-state index contributed by atoms with van der Waals surface area (Å²) in [7, 11) is -1.11. The highest BCUT2D eigenvalue weighted by Crippen LogP contribution is 2.33. The maximum Gasteiger partial charge on any atom is 0.271 e. The summed E-state index contributed by atoms with van der Waals surface area (Å²) >= 11 is 0. The first-order valence-corrected chi connectivity index (χ1v) is 9.21. The first-order valence-electron chi connectivity index (χ1n) is 7.72. The lowest BCUT2D eigenvalue weighted by Gasteiger charge is -2.15. The van der Waals surface area contributed by atoms with E-state index < -0.39 is 14.9 Å². The molecule has 0 atom stereocenters. The van der Waals surface area contributed by atoms with Crippen LogP contribution in [0.2, 0.25) is 0 Å². The third-order valence-corrected chi connectivity index (χ3v) is 5.13. The second-order valence-corrected chi connectivity index (χ2v) is 7.49. The van der Waals surface area contributed by atoms with E-state index in [1.54, 1.807) is 6.07 Å². The zero-order chi connectivity index (χ0) is 19.5. The summed E-state index contributed by atoms with van der Waals surface area (Å²) in [5.74, 6) is 0.816. The number of nitro benzene ring substituents is 1. The van der Waals surface area contributed by atoms with Crippen molar-refractivity contribution in [1.82, 2.24) is 0 Å². The van der Waals surface area contributed by atoms with Gasteiger partial charge in [-0.05, 0) is 35.7 Å². The Hall–Kier alpha value is -2.81. The fraction of sp³-hybridized carbons (Fsp3) is 0.294. The summed E-state index contributed by atoms with van der Waals surface area (Å²) in [4.78, 5) is 10.4. The summed E-state index contributed by atoms with van der Waals surface area (Å²) in [6.07, 6.45) is 0. The third-order valence-electron chi connectivity index (χ3n) is 3.77. The number of anilines is 1. The van der Waals surface area contributed by atoms with Crippen LogP contribution in [0.5, 0.6) is 11.5 Å². The van der Waals surface area contributed by atoms with Crippen molar-refractivity contribution in [3.63, 3.8) is 0 Å². The van der Waals surface area contributed by atoms with Gasteiger partial charge in [-0.15, -0.1) is 0 Å². The summed E-state index contributed by atoms with van der Waals surface area (Å²) in [5.41, 5.74) is 0.478. The van der Waals surface area contributed by atoms with Crippen molar-refractivity contribution in [2.75, 3.05) is 18.9 Å². The second-order valence-electron chi connectivity index (χ2n) is 5.81. The van der Waals surface area contributed by atoms with E-state index in [4.69, 9.17) is 9.47 Å². The Labute approximate surface area is 152 Å². The molecule has 0 aliphatic heterocycles. The minimum absolute atomic E-state index is 0.0105. The number of nitrogens with one attached hydrogen (secondary N) is 1. The van der Waals surface area contributed by atoms with Crippen molar-refractivity contribution in [2.24, 2.45) is 0 Å². The molecule has 0 bridgehead atoms. The predicted molar refractivity (Wildman–Crippen MR) is 97.5 cm³/mol. The van der Waals surface area contributed by atoms with Gasteiger partial charge >= 0.3 is 0 Å². The van der Waals surface area contributed by atoms with Crippen LogP contribution in [0.3, 0.4) is 0 Å². The van der Waals surface area contributed by atoms with Crippen molar-refractivity contribution in [1.29, 1.82) is 0 Å². The van der Waals surface area contributed by atoms with Crippen LogP contribution in [0.25, 0.3) is 0 Å². The fourth-order valence-corrected chi connectivity index (χ4v) is 3.52. The number of sulfonamides is 1. The maximum atomic E-state index is 12.7. The van der Waals surface area contributed by atoms with Crippen molar-refractivity contribution >= 4 is 21.4 Å². The zero-order valence-corrected chi connectivity index (χ0v) is 15.7. The summed E-state index contributed by atoms with van der Waals surface area (Å²) in [6.45, 7) is 3.84. The molecule has 140 valence electrons. The number of hydrogen-bond acceptors (Lipinski definition) is 6. The maximum absolute atomic E-state index is 12.7. The van der Waals surface area contributed by atoms with E-state index in [-0.39, 0.29) is 27.9 Å². The third kappa shape index (κ3) is 4.05. The summed E-state index contributed by atoms with van der Waals surface area (Å²) in [5, 5.41) is 11.0. The minimum atomic E-state index is -3.98. The van der Waals surface area contributed by atoms with Gasteiger partial charge in [0, 0.05) is 12.1 Å². The van der Waals surface area contributed by atoms with Gasteiger partial charge in [0.15, 0.2) is 0 Å². The van der Waals surface area contributed by atoms with Gasteiger partial charge in [-0.1, -0.05) is 13.8 Å². The van der Waals surface area contributed by atoms with E-state index in [1.807, 2.05) is 13.8 Å². The number of benzene rings is 2. The van der Waals surface area contributed by atoms with Gasteiger partial charge in [-0.25, -0.2) is 8.42 Å². The Bertz CT molecular complexity index is 925. The molecule has 0 radical (unpaired) electrons. The largest absolute Gasteiger partial charge is 0.496 e. The van der Waals surface area contributed by atoms with Crippen LogP contribution in [0, 0.1) is 10.1 Å². The predicted octanol–water partition coefficient (Wildman–Crippen LogP) is 3.54. The number of hydrogen-bond donors (Lipinski definition) is 1. The number of nitrogens with zero attached hydrogens (tertiary/aromatic N) is 1. The van der Waals surface area contributed by atoms with Crippen LogP contribution in [-0.4, -0.2) is 27.6 Å². The molecular formula is C17H20N2O6S. The molecule has 0 heterocycles. The number of non-ortho nitro benzene ring substituents is 1. The molecule has 0 aromatic heterocycles. The molecule has 26 heavy (non-hydrogen) atoms. The molecule has 0 saturated carbocycles. The summed E-state index contributed by atoms with van der Waals surface area (Å²) < 4.78 is 38.2. The fourth-order valence-electron chi connectivity index (χ4n) is 2.42. The number of ether oxygens (including phenoxy) is 2. The van der Waals surface area contributed by atoms with Gasteiger partial charge in [0.1, 0.15) is 11.5 Å². The SMILES string of the molecule is COc1ccc([N+](=O)[O-])cc1NS(=O)(=O)c1ccc(OC)c(C(C)C)c1. The van der Waals surface area contributed by atoms with Crippen molar-refractivity contribution in [3.05, 3.63) is 52.1 Å². The number of rotatable bonds is 7. The van der Waals surface area contributed by atoms with Crippen LogP contribution in [0.1, 0.15) is 25.3 Å². The molecule has 9 heteroatoms. The minimum Gasteiger partial charge on any atom is -0.496 e. The van der Waals surface area contributed by atoms with E-state index in [0.29, 0.717) is 5.75 Å². The average molecular weight is 380 g/mol. The van der Waals surface area contributed by atoms with E-state index in [0.717, 1.165) is 11.6 Å². The first-order chi connectivity index (χ1) is 12.2. The lowest BCUT2D eigenvalue weighted by Crippen LogP contribution is -2.14. The average Bonchev–Trinajstić information content (AvgIpc) is 2.60. The van der Waals surface area contributed by atoms with Crippen LogP contribution in [0.4, 0.5) is 11.4 Å². The smallest absolute Gasteiger partial charge is 0.271 e. The Balaban J connectivity index is 2.48. The van der Waals surface area contributed by atoms with Crippen LogP contribution < -0.4 is 14.2 Å². The molecule has 0 aliphatic rings. The Kier molecular flexibility index (Phi) is 5.71. The van der Waals surface area contributed by atoms with Gasteiger partial charge in [0.2, 0.25) is 0 Å². The Morgan fingerprint density at radius 1 is 1.04 bits per heavy atom.